The van der Waals surface area contributed by atoms with Crippen molar-refractivity contribution >= 4 is 11.6 Å². The molecular weight excluding hydrogens is 279 g/mol. The standard InChI is InChI=1S/C18H21FN2O/c1-13(5-6-14-3-2-4-16(19)11-14)21-18(22)12-15-7-9-17(20)10-8-15/h2-4,7-11,13H,5-6,12,20H2,1H3,(H,21,22). The van der Waals surface area contributed by atoms with Crippen LogP contribution in [-0.2, 0) is 17.6 Å². The van der Waals surface area contributed by atoms with Crippen molar-refractivity contribution in [2.24, 2.45) is 0 Å². The molecule has 1 unspecified atom stereocenters. The van der Waals surface area contributed by atoms with Gasteiger partial charge in [-0.15, -0.1) is 0 Å². The summed E-state index contributed by atoms with van der Waals surface area (Å²) in [5, 5.41) is 2.96. The van der Waals surface area contributed by atoms with Crippen LogP contribution in [0.15, 0.2) is 48.5 Å². The first kappa shape index (κ1) is 16.0. The summed E-state index contributed by atoms with van der Waals surface area (Å²) >= 11 is 0. The molecular formula is C18H21FN2O. The number of aryl methyl sites for hydroxylation is 1. The fourth-order valence-corrected chi connectivity index (χ4v) is 2.29. The topological polar surface area (TPSA) is 55.1 Å². The molecule has 116 valence electrons. The van der Waals surface area contributed by atoms with Gasteiger partial charge in [-0.25, -0.2) is 4.39 Å². The van der Waals surface area contributed by atoms with Crippen LogP contribution in [0.2, 0.25) is 0 Å². The van der Waals surface area contributed by atoms with E-state index in [0.717, 1.165) is 24.0 Å². The number of halogens is 1. The van der Waals surface area contributed by atoms with Gasteiger partial charge in [-0.3, -0.25) is 4.79 Å². The second-order valence-corrected chi connectivity index (χ2v) is 5.56. The van der Waals surface area contributed by atoms with Gasteiger partial charge in [0.05, 0.1) is 6.42 Å². The Morgan fingerprint density at radius 1 is 1.18 bits per heavy atom. The highest BCUT2D eigenvalue weighted by Crippen LogP contribution is 2.09. The number of hydrogen-bond acceptors (Lipinski definition) is 2. The van der Waals surface area contributed by atoms with E-state index in [2.05, 4.69) is 5.32 Å². The molecule has 0 spiro atoms. The van der Waals surface area contributed by atoms with Crippen LogP contribution in [0.5, 0.6) is 0 Å². The first-order chi connectivity index (χ1) is 10.5. The molecule has 4 heteroatoms. The van der Waals surface area contributed by atoms with Crippen molar-refractivity contribution in [1.29, 1.82) is 0 Å². The second kappa shape index (κ2) is 7.59. The summed E-state index contributed by atoms with van der Waals surface area (Å²) < 4.78 is 13.1. The summed E-state index contributed by atoms with van der Waals surface area (Å²) in [7, 11) is 0. The van der Waals surface area contributed by atoms with E-state index >= 15 is 0 Å². The normalized spacial score (nSPS) is 11.9. The van der Waals surface area contributed by atoms with E-state index in [4.69, 9.17) is 5.73 Å². The van der Waals surface area contributed by atoms with E-state index in [1.165, 1.54) is 12.1 Å². The fraction of sp³-hybridized carbons (Fsp3) is 0.278. The molecule has 2 aromatic rings. The van der Waals surface area contributed by atoms with Crippen LogP contribution >= 0.6 is 0 Å². The first-order valence-corrected chi connectivity index (χ1v) is 7.41. The Labute approximate surface area is 130 Å². The molecule has 22 heavy (non-hydrogen) atoms. The zero-order valence-corrected chi connectivity index (χ0v) is 12.7. The van der Waals surface area contributed by atoms with E-state index in [9.17, 15) is 9.18 Å². The average molecular weight is 300 g/mol. The van der Waals surface area contributed by atoms with Crippen LogP contribution < -0.4 is 11.1 Å². The zero-order valence-electron chi connectivity index (χ0n) is 12.7. The van der Waals surface area contributed by atoms with Crippen molar-refractivity contribution in [3.63, 3.8) is 0 Å². The molecule has 2 rings (SSSR count). The molecule has 0 saturated heterocycles. The number of rotatable bonds is 6. The largest absolute Gasteiger partial charge is 0.399 e. The van der Waals surface area contributed by atoms with Gasteiger partial charge in [-0.2, -0.15) is 0 Å². The highest BCUT2D eigenvalue weighted by Gasteiger charge is 2.08. The molecule has 0 heterocycles. The Hall–Kier alpha value is -2.36. The lowest BCUT2D eigenvalue weighted by atomic mass is 10.1. The summed E-state index contributed by atoms with van der Waals surface area (Å²) in [4.78, 5) is 12.0. The lowest BCUT2D eigenvalue weighted by molar-refractivity contribution is -0.121. The number of nitrogens with one attached hydrogen (secondary N) is 1. The molecule has 1 atom stereocenters. The summed E-state index contributed by atoms with van der Waals surface area (Å²) in [5.74, 6) is -0.242. The zero-order chi connectivity index (χ0) is 15.9. The summed E-state index contributed by atoms with van der Waals surface area (Å²) in [6.07, 6.45) is 1.85. The number of hydrogen-bond donors (Lipinski definition) is 2. The van der Waals surface area contributed by atoms with Gasteiger partial charge in [0.2, 0.25) is 5.91 Å². The molecule has 0 aliphatic rings. The monoisotopic (exact) mass is 300 g/mol. The third-order valence-corrected chi connectivity index (χ3v) is 3.51. The van der Waals surface area contributed by atoms with Crippen molar-refractivity contribution in [1.82, 2.24) is 5.32 Å². The van der Waals surface area contributed by atoms with Gasteiger partial charge in [0.1, 0.15) is 5.82 Å². The minimum atomic E-state index is -0.225. The lowest BCUT2D eigenvalue weighted by Gasteiger charge is -2.14. The van der Waals surface area contributed by atoms with Crippen molar-refractivity contribution in [3.05, 3.63) is 65.5 Å². The van der Waals surface area contributed by atoms with E-state index in [1.807, 2.05) is 25.1 Å². The maximum Gasteiger partial charge on any atom is 0.224 e. The van der Waals surface area contributed by atoms with E-state index in [-0.39, 0.29) is 17.8 Å². The first-order valence-electron chi connectivity index (χ1n) is 7.41. The predicted octanol–water partition coefficient (Wildman–Crippen LogP) is 3.09. The van der Waals surface area contributed by atoms with Crippen molar-refractivity contribution < 1.29 is 9.18 Å². The summed E-state index contributed by atoms with van der Waals surface area (Å²) in [5.41, 5.74) is 8.18. The molecule has 0 fully saturated rings. The van der Waals surface area contributed by atoms with Crippen LogP contribution in [0.25, 0.3) is 0 Å². The highest BCUT2D eigenvalue weighted by molar-refractivity contribution is 5.78. The van der Waals surface area contributed by atoms with Crippen LogP contribution in [-0.4, -0.2) is 11.9 Å². The highest BCUT2D eigenvalue weighted by atomic mass is 19.1. The minimum absolute atomic E-state index is 0.0171. The molecule has 0 aliphatic heterocycles. The summed E-state index contributed by atoms with van der Waals surface area (Å²) in [6.45, 7) is 1.96. The molecule has 0 bridgehead atoms. The Bertz CT molecular complexity index is 625. The second-order valence-electron chi connectivity index (χ2n) is 5.56. The molecule has 3 N–H and O–H groups in total. The Morgan fingerprint density at radius 2 is 1.91 bits per heavy atom. The maximum atomic E-state index is 13.1. The Kier molecular flexibility index (Phi) is 5.53. The SMILES string of the molecule is CC(CCc1cccc(F)c1)NC(=O)Cc1ccc(N)cc1. The van der Waals surface area contributed by atoms with E-state index < -0.39 is 0 Å². The van der Waals surface area contributed by atoms with Gasteiger partial charge in [0.25, 0.3) is 0 Å². The lowest BCUT2D eigenvalue weighted by Crippen LogP contribution is -2.34. The van der Waals surface area contributed by atoms with E-state index in [1.54, 1.807) is 18.2 Å². The van der Waals surface area contributed by atoms with Crippen LogP contribution in [0.4, 0.5) is 10.1 Å². The Balaban J connectivity index is 1.77. The molecule has 0 saturated carbocycles. The van der Waals surface area contributed by atoms with Gasteiger partial charge >= 0.3 is 0 Å². The van der Waals surface area contributed by atoms with Gasteiger partial charge < -0.3 is 11.1 Å². The minimum Gasteiger partial charge on any atom is -0.399 e. The molecule has 0 radical (unpaired) electrons. The molecule has 2 aromatic carbocycles. The molecule has 0 aliphatic carbocycles. The van der Waals surface area contributed by atoms with Gasteiger partial charge in [-0.1, -0.05) is 24.3 Å². The van der Waals surface area contributed by atoms with Crippen molar-refractivity contribution in [2.45, 2.75) is 32.2 Å². The average Bonchev–Trinajstić information content (AvgIpc) is 2.47. The van der Waals surface area contributed by atoms with Crippen LogP contribution in [0.3, 0.4) is 0 Å². The number of carbonyl (C=O) groups is 1. The third kappa shape index (κ3) is 5.20. The number of nitrogens with two attached hydrogens (primary N) is 1. The van der Waals surface area contributed by atoms with Crippen LogP contribution in [0.1, 0.15) is 24.5 Å². The molecule has 0 aromatic heterocycles. The number of benzene rings is 2. The number of amides is 1. The van der Waals surface area contributed by atoms with Gasteiger partial charge in [0.15, 0.2) is 0 Å². The number of nitrogen functional groups attached to an aromatic ring is 1. The predicted molar refractivity (Wildman–Crippen MR) is 86.9 cm³/mol. The Morgan fingerprint density at radius 3 is 2.59 bits per heavy atom. The van der Waals surface area contributed by atoms with Crippen molar-refractivity contribution in [2.75, 3.05) is 5.73 Å². The third-order valence-electron chi connectivity index (χ3n) is 3.51. The number of carbonyl (C=O) groups excluding carboxylic acids is 1. The quantitative estimate of drug-likeness (QED) is 0.806. The summed E-state index contributed by atoms with van der Waals surface area (Å²) in [6, 6.07) is 13.9. The smallest absolute Gasteiger partial charge is 0.224 e. The van der Waals surface area contributed by atoms with Crippen molar-refractivity contribution in [3.8, 4) is 0 Å². The van der Waals surface area contributed by atoms with Gasteiger partial charge in [0, 0.05) is 11.7 Å². The molecule has 1 amide bonds. The van der Waals surface area contributed by atoms with Crippen LogP contribution in [0, 0.1) is 5.82 Å². The van der Waals surface area contributed by atoms with E-state index in [0.29, 0.717) is 12.1 Å². The number of anilines is 1. The fourth-order valence-electron chi connectivity index (χ4n) is 2.29. The van der Waals surface area contributed by atoms with Gasteiger partial charge in [-0.05, 0) is 55.2 Å². The molecule has 3 nitrogen and oxygen atoms in total. The maximum absolute atomic E-state index is 13.1.